The molecule has 2 atom stereocenters. The molecule has 0 bridgehead atoms. The van der Waals surface area contributed by atoms with E-state index in [9.17, 15) is 5.11 Å². The van der Waals surface area contributed by atoms with Crippen molar-refractivity contribution in [3.05, 3.63) is 29.8 Å². The largest absolute Gasteiger partial charge is 0.493 e. The van der Waals surface area contributed by atoms with Gasteiger partial charge in [0.05, 0.1) is 12.2 Å². The molecular formula is C16H23NO2. The van der Waals surface area contributed by atoms with Gasteiger partial charge in [0, 0.05) is 19.0 Å². The van der Waals surface area contributed by atoms with Crippen molar-refractivity contribution in [1.29, 1.82) is 0 Å². The molecule has 2 aliphatic heterocycles. The number of benzene rings is 1. The van der Waals surface area contributed by atoms with Crippen LogP contribution in [0.25, 0.3) is 0 Å². The fourth-order valence-electron chi connectivity index (χ4n) is 3.40. The Morgan fingerprint density at radius 2 is 2.26 bits per heavy atom. The van der Waals surface area contributed by atoms with Crippen LogP contribution in [0.5, 0.6) is 5.75 Å². The quantitative estimate of drug-likeness (QED) is 0.887. The first kappa shape index (κ1) is 12.9. The van der Waals surface area contributed by atoms with Gasteiger partial charge in [-0.1, -0.05) is 18.2 Å². The molecule has 3 rings (SSSR count). The molecule has 3 nitrogen and oxygen atoms in total. The summed E-state index contributed by atoms with van der Waals surface area (Å²) < 4.78 is 5.72. The molecule has 0 radical (unpaired) electrons. The van der Waals surface area contributed by atoms with Crippen LogP contribution in [0.15, 0.2) is 24.3 Å². The summed E-state index contributed by atoms with van der Waals surface area (Å²) in [5.41, 5.74) is 0.821. The molecule has 1 aromatic rings. The van der Waals surface area contributed by atoms with Crippen LogP contribution in [-0.2, 0) is 0 Å². The van der Waals surface area contributed by atoms with Crippen LogP contribution in [0.4, 0.5) is 0 Å². The van der Waals surface area contributed by atoms with Crippen LogP contribution in [0, 0.1) is 0 Å². The lowest BCUT2D eigenvalue weighted by molar-refractivity contribution is -0.0181. The second-order valence-corrected chi connectivity index (χ2v) is 6.21. The summed E-state index contributed by atoms with van der Waals surface area (Å²) >= 11 is 0. The minimum atomic E-state index is -0.511. The van der Waals surface area contributed by atoms with Crippen molar-refractivity contribution >= 4 is 0 Å². The number of β-amino-alcohol motifs (C(OH)–C–C–N with tert-alkyl or cyclic N) is 1. The van der Waals surface area contributed by atoms with Crippen LogP contribution >= 0.6 is 0 Å². The SMILES string of the molecule is CC1(O)CCCN(CC2CCOc3ccccc32)C1. The van der Waals surface area contributed by atoms with Gasteiger partial charge in [0.15, 0.2) is 0 Å². The van der Waals surface area contributed by atoms with Gasteiger partial charge in [-0.3, -0.25) is 4.90 Å². The number of para-hydroxylation sites is 1. The summed E-state index contributed by atoms with van der Waals surface area (Å²) in [7, 11) is 0. The molecule has 2 aliphatic rings. The molecule has 0 saturated carbocycles. The molecule has 0 amide bonds. The Morgan fingerprint density at radius 3 is 3.11 bits per heavy atom. The van der Waals surface area contributed by atoms with Crippen LogP contribution < -0.4 is 4.74 Å². The number of aliphatic hydroxyl groups is 1. The van der Waals surface area contributed by atoms with Crippen LogP contribution in [0.2, 0.25) is 0 Å². The number of hydrogen-bond acceptors (Lipinski definition) is 3. The van der Waals surface area contributed by atoms with Gasteiger partial charge in [-0.25, -0.2) is 0 Å². The van der Waals surface area contributed by atoms with Crippen molar-refractivity contribution in [3.63, 3.8) is 0 Å². The number of hydrogen-bond donors (Lipinski definition) is 1. The third-order valence-electron chi connectivity index (χ3n) is 4.32. The van der Waals surface area contributed by atoms with E-state index >= 15 is 0 Å². The van der Waals surface area contributed by atoms with E-state index in [0.717, 1.165) is 51.3 Å². The van der Waals surface area contributed by atoms with Gasteiger partial charge >= 0.3 is 0 Å². The molecule has 1 fully saturated rings. The fourth-order valence-corrected chi connectivity index (χ4v) is 3.40. The molecule has 19 heavy (non-hydrogen) atoms. The van der Waals surface area contributed by atoms with E-state index in [1.165, 1.54) is 5.56 Å². The standard InChI is InChI=1S/C16H23NO2/c1-16(18)8-4-9-17(12-16)11-13-7-10-19-15-6-3-2-5-14(13)15/h2-3,5-6,13,18H,4,7-12H2,1H3. The summed E-state index contributed by atoms with van der Waals surface area (Å²) in [6.07, 6.45) is 3.10. The Hall–Kier alpha value is -1.06. The number of likely N-dealkylation sites (tertiary alicyclic amines) is 1. The first-order valence-electron chi connectivity index (χ1n) is 7.30. The normalized spacial score (nSPS) is 31.6. The molecule has 2 heterocycles. The van der Waals surface area contributed by atoms with E-state index in [4.69, 9.17) is 4.74 Å². The molecule has 0 aliphatic carbocycles. The second-order valence-electron chi connectivity index (χ2n) is 6.21. The van der Waals surface area contributed by atoms with Crippen molar-refractivity contribution in [2.24, 2.45) is 0 Å². The smallest absolute Gasteiger partial charge is 0.122 e. The maximum Gasteiger partial charge on any atom is 0.122 e. The van der Waals surface area contributed by atoms with Gasteiger partial charge < -0.3 is 9.84 Å². The molecule has 104 valence electrons. The fraction of sp³-hybridized carbons (Fsp3) is 0.625. The van der Waals surface area contributed by atoms with Crippen LogP contribution in [0.3, 0.4) is 0 Å². The molecule has 0 spiro atoms. The lowest BCUT2D eigenvalue weighted by atomic mass is 9.90. The molecule has 2 unspecified atom stereocenters. The third kappa shape index (κ3) is 2.93. The van der Waals surface area contributed by atoms with Crippen molar-refractivity contribution < 1.29 is 9.84 Å². The molecular weight excluding hydrogens is 238 g/mol. The maximum absolute atomic E-state index is 10.2. The summed E-state index contributed by atoms with van der Waals surface area (Å²) in [5.74, 6) is 1.58. The Kier molecular flexibility index (Phi) is 3.50. The lowest BCUT2D eigenvalue weighted by Gasteiger charge is -2.39. The third-order valence-corrected chi connectivity index (χ3v) is 4.32. The topological polar surface area (TPSA) is 32.7 Å². The zero-order valence-corrected chi connectivity index (χ0v) is 11.6. The Labute approximate surface area is 115 Å². The molecule has 1 saturated heterocycles. The van der Waals surface area contributed by atoms with Gasteiger partial charge in [0.1, 0.15) is 5.75 Å². The van der Waals surface area contributed by atoms with Crippen molar-refractivity contribution in [2.45, 2.75) is 37.7 Å². The average molecular weight is 261 g/mol. The number of ether oxygens (including phenoxy) is 1. The molecule has 3 heteroatoms. The Balaban J connectivity index is 1.71. The van der Waals surface area contributed by atoms with Gasteiger partial charge in [0.25, 0.3) is 0 Å². The van der Waals surface area contributed by atoms with Crippen LogP contribution in [0.1, 0.15) is 37.7 Å². The highest BCUT2D eigenvalue weighted by Crippen LogP contribution is 2.34. The monoisotopic (exact) mass is 261 g/mol. The summed E-state index contributed by atoms with van der Waals surface area (Å²) in [6.45, 7) is 5.71. The zero-order chi connectivity index (χ0) is 13.3. The predicted molar refractivity (Wildman–Crippen MR) is 75.6 cm³/mol. The molecule has 1 aromatic carbocycles. The van der Waals surface area contributed by atoms with Gasteiger partial charge in [-0.05, 0) is 44.4 Å². The maximum atomic E-state index is 10.2. The zero-order valence-electron chi connectivity index (χ0n) is 11.6. The Morgan fingerprint density at radius 1 is 1.42 bits per heavy atom. The predicted octanol–water partition coefficient (Wildman–Crippen LogP) is 2.40. The summed E-state index contributed by atoms with van der Waals surface area (Å²) in [6, 6.07) is 8.37. The number of rotatable bonds is 2. The van der Waals surface area contributed by atoms with Gasteiger partial charge in [-0.2, -0.15) is 0 Å². The van der Waals surface area contributed by atoms with E-state index < -0.39 is 5.60 Å². The average Bonchev–Trinajstić information content (AvgIpc) is 2.38. The highest BCUT2D eigenvalue weighted by molar-refractivity contribution is 5.37. The van der Waals surface area contributed by atoms with E-state index in [-0.39, 0.29) is 0 Å². The van der Waals surface area contributed by atoms with Crippen molar-refractivity contribution in [1.82, 2.24) is 4.90 Å². The van der Waals surface area contributed by atoms with Gasteiger partial charge in [-0.15, -0.1) is 0 Å². The second kappa shape index (κ2) is 5.14. The molecule has 0 aromatic heterocycles. The van der Waals surface area contributed by atoms with Crippen molar-refractivity contribution in [3.8, 4) is 5.75 Å². The minimum Gasteiger partial charge on any atom is -0.493 e. The summed E-state index contributed by atoms with van der Waals surface area (Å²) in [5, 5.41) is 10.2. The molecule has 1 N–H and O–H groups in total. The minimum absolute atomic E-state index is 0.511. The summed E-state index contributed by atoms with van der Waals surface area (Å²) in [4.78, 5) is 2.41. The number of fused-ring (bicyclic) bond motifs is 1. The van der Waals surface area contributed by atoms with E-state index in [0.29, 0.717) is 5.92 Å². The Bertz CT molecular complexity index is 444. The first-order chi connectivity index (χ1) is 9.14. The number of piperidine rings is 1. The van der Waals surface area contributed by atoms with Crippen molar-refractivity contribution in [2.75, 3.05) is 26.2 Å². The van der Waals surface area contributed by atoms with E-state index in [1.807, 2.05) is 13.0 Å². The number of nitrogens with zero attached hydrogens (tertiary/aromatic N) is 1. The van der Waals surface area contributed by atoms with E-state index in [1.54, 1.807) is 0 Å². The highest BCUT2D eigenvalue weighted by atomic mass is 16.5. The lowest BCUT2D eigenvalue weighted by Crippen LogP contribution is -2.47. The van der Waals surface area contributed by atoms with Crippen LogP contribution in [-0.4, -0.2) is 41.8 Å². The van der Waals surface area contributed by atoms with Gasteiger partial charge in [0.2, 0.25) is 0 Å². The highest BCUT2D eigenvalue weighted by Gasteiger charge is 2.31. The first-order valence-corrected chi connectivity index (χ1v) is 7.30. The van der Waals surface area contributed by atoms with E-state index in [2.05, 4.69) is 23.1 Å².